The van der Waals surface area contributed by atoms with E-state index in [1.54, 1.807) is 35.6 Å². The van der Waals surface area contributed by atoms with Crippen molar-refractivity contribution in [2.45, 2.75) is 5.72 Å². The standard InChI is InChI=1S/C16H17N3O4S/c1-18-15(22)16(23,14(17)21)19(2)13(20)11-7-5-10(6-8-11)12-4-3-9-24-12/h3-9,23H,1-2H3,(H2,17,21)(H,18,22). The summed E-state index contributed by atoms with van der Waals surface area (Å²) in [5.74, 6) is -3.13. The molecule has 1 aromatic heterocycles. The first kappa shape index (κ1) is 17.6. The van der Waals surface area contributed by atoms with Gasteiger partial charge < -0.3 is 16.2 Å². The summed E-state index contributed by atoms with van der Waals surface area (Å²) in [6.07, 6.45) is 0. The van der Waals surface area contributed by atoms with Gasteiger partial charge in [-0.15, -0.1) is 11.3 Å². The fourth-order valence-electron chi connectivity index (χ4n) is 2.16. The van der Waals surface area contributed by atoms with Gasteiger partial charge in [-0.05, 0) is 29.1 Å². The minimum Gasteiger partial charge on any atom is -0.365 e. The molecule has 2 aromatic rings. The van der Waals surface area contributed by atoms with E-state index >= 15 is 0 Å². The van der Waals surface area contributed by atoms with E-state index in [-0.39, 0.29) is 5.56 Å². The number of hydrogen-bond donors (Lipinski definition) is 3. The number of nitrogens with one attached hydrogen (secondary N) is 1. The zero-order chi connectivity index (χ0) is 17.9. The SMILES string of the molecule is CNC(=O)C(O)(C(N)=O)N(C)C(=O)c1ccc(-c2cccs2)cc1. The predicted molar refractivity (Wildman–Crippen MR) is 90.1 cm³/mol. The van der Waals surface area contributed by atoms with E-state index in [4.69, 9.17) is 5.73 Å². The molecule has 0 aliphatic rings. The quantitative estimate of drug-likeness (QED) is 0.537. The van der Waals surface area contributed by atoms with Crippen LogP contribution in [-0.4, -0.2) is 47.5 Å². The molecule has 0 spiro atoms. The van der Waals surface area contributed by atoms with Gasteiger partial charge in [-0.3, -0.25) is 19.3 Å². The molecule has 0 bridgehead atoms. The van der Waals surface area contributed by atoms with Crippen molar-refractivity contribution in [1.82, 2.24) is 10.2 Å². The van der Waals surface area contributed by atoms with Crippen LogP contribution in [0.5, 0.6) is 0 Å². The van der Waals surface area contributed by atoms with Gasteiger partial charge in [0.1, 0.15) is 0 Å². The van der Waals surface area contributed by atoms with Crippen molar-refractivity contribution < 1.29 is 19.5 Å². The summed E-state index contributed by atoms with van der Waals surface area (Å²) < 4.78 is 0. The van der Waals surface area contributed by atoms with Crippen molar-refractivity contribution in [2.24, 2.45) is 5.73 Å². The fraction of sp³-hybridized carbons (Fsp3) is 0.188. The summed E-state index contributed by atoms with van der Waals surface area (Å²) in [5, 5.41) is 14.3. The molecule has 24 heavy (non-hydrogen) atoms. The summed E-state index contributed by atoms with van der Waals surface area (Å²) >= 11 is 1.56. The third kappa shape index (κ3) is 3.01. The van der Waals surface area contributed by atoms with Gasteiger partial charge in [0.15, 0.2) is 0 Å². The molecule has 126 valence electrons. The molecule has 2 rings (SSSR count). The van der Waals surface area contributed by atoms with Crippen molar-refractivity contribution in [1.29, 1.82) is 0 Å². The lowest BCUT2D eigenvalue weighted by molar-refractivity contribution is -0.166. The summed E-state index contributed by atoms with van der Waals surface area (Å²) in [5.41, 5.74) is 3.49. The Morgan fingerprint density at radius 1 is 1.21 bits per heavy atom. The first-order valence-electron chi connectivity index (χ1n) is 6.99. The van der Waals surface area contributed by atoms with Crippen LogP contribution in [0.1, 0.15) is 10.4 Å². The topological polar surface area (TPSA) is 113 Å². The van der Waals surface area contributed by atoms with Gasteiger partial charge in [-0.25, -0.2) is 0 Å². The third-order valence-corrected chi connectivity index (χ3v) is 4.53. The van der Waals surface area contributed by atoms with Gasteiger partial charge in [0, 0.05) is 24.5 Å². The normalized spacial score (nSPS) is 13.0. The highest BCUT2D eigenvalue weighted by Crippen LogP contribution is 2.25. The number of primary amides is 1. The molecule has 0 fully saturated rings. The lowest BCUT2D eigenvalue weighted by Crippen LogP contribution is -2.65. The molecule has 0 saturated heterocycles. The molecule has 1 heterocycles. The minimum absolute atomic E-state index is 0.210. The van der Waals surface area contributed by atoms with Crippen LogP contribution in [0.2, 0.25) is 0 Å². The van der Waals surface area contributed by atoms with Gasteiger partial charge in [0.25, 0.3) is 17.7 Å². The van der Waals surface area contributed by atoms with E-state index in [1.807, 2.05) is 17.5 Å². The van der Waals surface area contributed by atoms with Gasteiger partial charge in [0.2, 0.25) is 0 Å². The number of aliphatic hydroxyl groups is 1. The number of nitrogens with two attached hydrogens (primary N) is 1. The van der Waals surface area contributed by atoms with Crippen LogP contribution in [0.15, 0.2) is 41.8 Å². The molecule has 8 heteroatoms. The Morgan fingerprint density at radius 3 is 2.29 bits per heavy atom. The average molecular weight is 347 g/mol. The molecule has 0 aliphatic carbocycles. The monoisotopic (exact) mass is 347 g/mol. The Bertz CT molecular complexity index is 758. The molecule has 1 unspecified atom stereocenters. The van der Waals surface area contributed by atoms with Crippen molar-refractivity contribution in [3.63, 3.8) is 0 Å². The molecule has 7 nitrogen and oxygen atoms in total. The number of benzene rings is 1. The number of hydrogen-bond acceptors (Lipinski definition) is 5. The van der Waals surface area contributed by atoms with Gasteiger partial charge in [0.05, 0.1) is 0 Å². The highest BCUT2D eigenvalue weighted by molar-refractivity contribution is 7.13. The molecule has 0 saturated carbocycles. The van der Waals surface area contributed by atoms with E-state index in [0.29, 0.717) is 4.90 Å². The van der Waals surface area contributed by atoms with E-state index in [2.05, 4.69) is 5.32 Å². The summed E-state index contributed by atoms with van der Waals surface area (Å²) in [4.78, 5) is 37.5. The number of carbonyl (C=O) groups is 3. The molecule has 1 aromatic carbocycles. The Kier molecular flexibility index (Phi) is 5.01. The van der Waals surface area contributed by atoms with Crippen LogP contribution in [0, 0.1) is 0 Å². The van der Waals surface area contributed by atoms with Crippen LogP contribution < -0.4 is 11.1 Å². The van der Waals surface area contributed by atoms with E-state index in [0.717, 1.165) is 17.5 Å². The van der Waals surface area contributed by atoms with E-state index in [1.165, 1.54) is 7.05 Å². The Morgan fingerprint density at radius 2 is 1.83 bits per heavy atom. The van der Waals surface area contributed by atoms with Crippen molar-refractivity contribution in [3.8, 4) is 10.4 Å². The third-order valence-electron chi connectivity index (χ3n) is 3.61. The van der Waals surface area contributed by atoms with Crippen LogP contribution in [0.4, 0.5) is 0 Å². The van der Waals surface area contributed by atoms with Crippen LogP contribution in [-0.2, 0) is 9.59 Å². The second-order valence-electron chi connectivity index (χ2n) is 5.03. The molecular weight excluding hydrogens is 330 g/mol. The molecule has 0 aliphatic heterocycles. The maximum absolute atomic E-state index is 12.5. The lowest BCUT2D eigenvalue weighted by atomic mass is 10.1. The second-order valence-corrected chi connectivity index (χ2v) is 5.98. The van der Waals surface area contributed by atoms with Crippen molar-refractivity contribution >= 4 is 29.1 Å². The highest BCUT2D eigenvalue weighted by atomic mass is 32.1. The van der Waals surface area contributed by atoms with Crippen LogP contribution >= 0.6 is 11.3 Å². The Balaban J connectivity index is 2.30. The average Bonchev–Trinajstić information content (AvgIpc) is 3.13. The van der Waals surface area contributed by atoms with Gasteiger partial charge in [-0.1, -0.05) is 18.2 Å². The zero-order valence-corrected chi connectivity index (χ0v) is 14.0. The predicted octanol–water partition coefficient (Wildman–Crippen LogP) is 0.407. The zero-order valence-electron chi connectivity index (χ0n) is 13.1. The van der Waals surface area contributed by atoms with E-state index in [9.17, 15) is 19.5 Å². The molecule has 0 radical (unpaired) electrons. The molecular formula is C16H17N3O4S. The first-order valence-corrected chi connectivity index (χ1v) is 7.87. The van der Waals surface area contributed by atoms with Crippen molar-refractivity contribution in [2.75, 3.05) is 14.1 Å². The summed E-state index contributed by atoms with van der Waals surface area (Å²) in [6.45, 7) is 0. The maximum Gasteiger partial charge on any atom is 0.302 e. The molecule has 3 amide bonds. The summed E-state index contributed by atoms with van der Waals surface area (Å²) in [7, 11) is 2.36. The highest BCUT2D eigenvalue weighted by Gasteiger charge is 2.48. The largest absolute Gasteiger partial charge is 0.365 e. The Hall–Kier alpha value is -2.71. The molecule has 4 N–H and O–H groups in total. The smallest absolute Gasteiger partial charge is 0.302 e. The number of rotatable bonds is 5. The van der Waals surface area contributed by atoms with E-state index < -0.39 is 23.4 Å². The first-order chi connectivity index (χ1) is 11.3. The molecule has 1 atom stereocenters. The van der Waals surface area contributed by atoms with Crippen LogP contribution in [0.25, 0.3) is 10.4 Å². The van der Waals surface area contributed by atoms with Gasteiger partial charge in [-0.2, -0.15) is 0 Å². The second kappa shape index (κ2) is 6.81. The maximum atomic E-state index is 12.5. The number of likely N-dealkylation sites (N-methyl/N-ethyl adjacent to an activating group) is 2. The number of thiophene rings is 1. The lowest BCUT2D eigenvalue weighted by Gasteiger charge is -2.32. The van der Waals surface area contributed by atoms with Crippen LogP contribution in [0.3, 0.4) is 0 Å². The fourth-order valence-corrected chi connectivity index (χ4v) is 2.90. The number of amides is 3. The minimum atomic E-state index is -2.77. The Labute approximate surface area is 142 Å². The number of carbonyl (C=O) groups excluding carboxylic acids is 3. The summed E-state index contributed by atoms with van der Waals surface area (Å²) in [6, 6.07) is 10.5. The van der Waals surface area contributed by atoms with Crippen molar-refractivity contribution in [3.05, 3.63) is 47.3 Å². The van der Waals surface area contributed by atoms with Gasteiger partial charge >= 0.3 is 5.72 Å². The number of nitrogens with zero attached hydrogens (tertiary/aromatic N) is 1.